The number of hydrogen-bond donors (Lipinski definition) is 1. The maximum absolute atomic E-state index is 6.03. The molecule has 0 saturated carbocycles. The van der Waals surface area contributed by atoms with E-state index in [0.717, 1.165) is 42.2 Å². The Kier molecular flexibility index (Phi) is 4.31. The van der Waals surface area contributed by atoms with Crippen LogP contribution >= 0.6 is 22.9 Å². The molecule has 0 amide bonds. The van der Waals surface area contributed by atoms with Crippen molar-refractivity contribution in [2.45, 2.75) is 13.0 Å². The highest BCUT2D eigenvalue weighted by molar-refractivity contribution is 7.18. The Morgan fingerprint density at radius 1 is 1.38 bits per heavy atom. The van der Waals surface area contributed by atoms with Gasteiger partial charge < -0.3 is 10.2 Å². The molecule has 0 bridgehead atoms. The standard InChI is InChI=1S/C14H20ClN5S/c1-9-6-11-12(17-14(15)18-13(11)21-9)16-7-10-8-19(2)4-5-20(10)3/h6,10H,4-5,7-8H2,1-3H3,(H,16,17,18). The van der Waals surface area contributed by atoms with Gasteiger partial charge in [-0.25, -0.2) is 9.97 Å². The predicted octanol–water partition coefficient (Wildman–Crippen LogP) is 2.31. The van der Waals surface area contributed by atoms with Gasteiger partial charge in [-0.05, 0) is 38.7 Å². The first-order chi connectivity index (χ1) is 10.0. The molecular formula is C14H20ClN5S. The summed E-state index contributed by atoms with van der Waals surface area (Å²) in [6.07, 6.45) is 0. The van der Waals surface area contributed by atoms with E-state index in [4.69, 9.17) is 11.6 Å². The second-order valence-electron chi connectivity index (χ2n) is 5.69. The minimum absolute atomic E-state index is 0.306. The number of nitrogens with one attached hydrogen (secondary N) is 1. The Labute approximate surface area is 133 Å². The number of fused-ring (bicyclic) bond motifs is 1. The van der Waals surface area contributed by atoms with E-state index in [0.29, 0.717) is 11.3 Å². The lowest BCUT2D eigenvalue weighted by Gasteiger charge is -2.37. The van der Waals surface area contributed by atoms with Crippen molar-refractivity contribution >= 4 is 39.0 Å². The third-order valence-electron chi connectivity index (χ3n) is 3.97. The van der Waals surface area contributed by atoms with Crippen molar-refractivity contribution in [3.8, 4) is 0 Å². The monoisotopic (exact) mass is 325 g/mol. The normalized spacial score (nSPS) is 21.0. The van der Waals surface area contributed by atoms with Crippen LogP contribution < -0.4 is 5.32 Å². The van der Waals surface area contributed by atoms with Gasteiger partial charge in [-0.1, -0.05) is 0 Å². The molecule has 3 heterocycles. The van der Waals surface area contributed by atoms with Crippen molar-refractivity contribution in [2.75, 3.05) is 45.6 Å². The van der Waals surface area contributed by atoms with Crippen molar-refractivity contribution < 1.29 is 0 Å². The van der Waals surface area contributed by atoms with Crippen LogP contribution in [0, 0.1) is 6.92 Å². The fourth-order valence-electron chi connectivity index (χ4n) is 2.69. The first kappa shape index (κ1) is 15.0. The first-order valence-electron chi connectivity index (χ1n) is 7.09. The Balaban J connectivity index is 1.78. The quantitative estimate of drug-likeness (QED) is 0.877. The van der Waals surface area contributed by atoms with E-state index < -0.39 is 0 Å². The molecule has 7 heteroatoms. The minimum Gasteiger partial charge on any atom is -0.368 e. The van der Waals surface area contributed by atoms with Crippen molar-refractivity contribution in [2.24, 2.45) is 0 Å². The van der Waals surface area contributed by atoms with Crippen molar-refractivity contribution in [3.63, 3.8) is 0 Å². The minimum atomic E-state index is 0.306. The smallest absolute Gasteiger partial charge is 0.225 e. The van der Waals surface area contributed by atoms with Crippen LogP contribution in [0.25, 0.3) is 10.2 Å². The number of aryl methyl sites for hydroxylation is 1. The first-order valence-corrected chi connectivity index (χ1v) is 8.28. The number of thiophene rings is 1. The second kappa shape index (κ2) is 6.04. The van der Waals surface area contributed by atoms with Crippen LogP contribution in [-0.2, 0) is 0 Å². The third-order valence-corrected chi connectivity index (χ3v) is 5.09. The number of piperazine rings is 1. The molecule has 3 rings (SSSR count). The van der Waals surface area contributed by atoms with E-state index >= 15 is 0 Å². The lowest BCUT2D eigenvalue weighted by atomic mass is 10.2. The van der Waals surface area contributed by atoms with Gasteiger partial charge in [0.05, 0.1) is 5.39 Å². The van der Waals surface area contributed by atoms with E-state index in [1.54, 1.807) is 11.3 Å². The number of likely N-dealkylation sites (N-methyl/N-ethyl adjacent to an activating group) is 2. The van der Waals surface area contributed by atoms with E-state index in [-0.39, 0.29) is 0 Å². The van der Waals surface area contributed by atoms with Gasteiger partial charge in [0, 0.05) is 37.1 Å². The number of rotatable bonds is 3. The van der Waals surface area contributed by atoms with Gasteiger partial charge in [0.1, 0.15) is 10.6 Å². The Hall–Kier alpha value is -0.950. The fraction of sp³-hybridized carbons (Fsp3) is 0.571. The zero-order chi connectivity index (χ0) is 15.0. The Morgan fingerprint density at radius 2 is 2.19 bits per heavy atom. The Bertz CT molecular complexity index is 644. The predicted molar refractivity (Wildman–Crippen MR) is 89.6 cm³/mol. The van der Waals surface area contributed by atoms with Crippen molar-refractivity contribution in [1.29, 1.82) is 0 Å². The van der Waals surface area contributed by atoms with Crippen LogP contribution in [0.2, 0.25) is 5.28 Å². The summed E-state index contributed by atoms with van der Waals surface area (Å²) in [5, 5.41) is 4.84. The number of halogens is 1. The molecule has 0 aromatic carbocycles. The third kappa shape index (κ3) is 3.29. The highest BCUT2D eigenvalue weighted by atomic mass is 35.5. The molecule has 2 aromatic heterocycles. The van der Waals surface area contributed by atoms with Gasteiger partial charge in [-0.3, -0.25) is 4.90 Å². The van der Waals surface area contributed by atoms with E-state index in [1.165, 1.54) is 4.88 Å². The molecule has 1 aliphatic heterocycles. The molecule has 0 radical (unpaired) electrons. The number of anilines is 1. The fourth-order valence-corrected chi connectivity index (χ4v) is 3.79. The summed E-state index contributed by atoms with van der Waals surface area (Å²) in [6.45, 7) is 6.22. The maximum Gasteiger partial charge on any atom is 0.225 e. The van der Waals surface area contributed by atoms with Crippen LogP contribution in [-0.4, -0.2) is 66.1 Å². The molecule has 1 aliphatic rings. The molecule has 2 aromatic rings. The lowest BCUT2D eigenvalue weighted by Crippen LogP contribution is -2.52. The summed E-state index contributed by atoms with van der Waals surface area (Å²) in [5.74, 6) is 0.843. The van der Waals surface area contributed by atoms with Crippen LogP contribution in [0.3, 0.4) is 0 Å². The van der Waals surface area contributed by atoms with E-state index in [1.807, 2.05) is 0 Å². The van der Waals surface area contributed by atoms with Crippen LogP contribution in [0.1, 0.15) is 4.88 Å². The molecule has 1 fully saturated rings. The summed E-state index contributed by atoms with van der Waals surface area (Å²) in [6, 6.07) is 2.60. The average Bonchev–Trinajstić information content (AvgIpc) is 2.79. The average molecular weight is 326 g/mol. The number of hydrogen-bond acceptors (Lipinski definition) is 6. The van der Waals surface area contributed by atoms with Gasteiger partial charge in [0.25, 0.3) is 0 Å². The van der Waals surface area contributed by atoms with Crippen LogP contribution in [0.15, 0.2) is 6.07 Å². The molecular weight excluding hydrogens is 306 g/mol. The van der Waals surface area contributed by atoms with Crippen molar-refractivity contribution in [1.82, 2.24) is 19.8 Å². The Morgan fingerprint density at radius 3 is 3.00 bits per heavy atom. The molecule has 5 nitrogen and oxygen atoms in total. The molecule has 1 saturated heterocycles. The van der Waals surface area contributed by atoms with Gasteiger partial charge >= 0.3 is 0 Å². The SMILES string of the molecule is Cc1cc2c(NCC3CN(C)CCN3C)nc(Cl)nc2s1. The zero-order valence-electron chi connectivity index (χ0n) is 12.6. The van der Waals surface area contributed by atoms with Crippen LogP contribution in [0.4, 0.5) is 5.82 Å². The van der Waals surface area contributed by atoms with Gasteiger partial charge in [0.2, 0.25) is 5.28 Å². The molecule has 1 N–H and O–H groups in total. The van der Waals surface area contributed by atoms with Gasteiger partial charge in [-0.15, -0.1) is 11.3 Å². The largest absolute Gasteiger partial charge is 0.368 e. The van der Waals surface area contributed by atoms with E-state index in [2.05, 4.69) is 52.2 Å². The van der Waals surface area contributed by atoms with Gasteiger partial charge in [0.15, 0.2) is 0 Å². The number of nitrogens with zero attached hydrogens (tertiary/aromatic N) is 4. The molecule has 1 atom stereocenters. The number of aromatic nitrogens is 2. The molecule has 0 aliphatic carbocycles. The molecule has 0 spiro atoms. The van der Waals surface area contributed by atoms with Gasteiger partial charge in [-0.2, -0.15) is 0 Å². The summed E-state index contributed by atoms with van der Waals surface area (Å²) < 4.78 is 0. The summed E-state index contributed by atoms with van der Waals surface area (Å²) in [4.78, 5) is 15.6. The van der Waals surface area contributed by atoms with Crippen molar-refractivity contribution in [3.05, 3.63) is 16.2 Å². The second-order valence-corrected chi connectivity index (χ2v) is 7.27. The summed E-state index contributed by atoms with van der Waals surface area (Å²) >= 11 is 7.68. The molecule has 1 unspecified atom stereocenters. The maximum atomic E-state index is 6.03. The van der Waals surface area contributed by atoms with E-state index in [9.17, 15) is 0 Å². The molecule has 21 heavy (non-hydrogen) atoms. The highest BCUT2D eigenvalue weighted by Gasteiger charge is 2.22. The lowest BCUT2D eigenvalue weighted by molar-refractivity contribution is 0.122. The van der Waals surface area contributed by atoms with Crippen LogP contribution in [0.5, 0.6) is 0 Å². The molecule has 114 valence electrons. The zero-order valence-corrected chi connectivity index (χ0v) is 14.1. The topological polar surface area (TPSA) is 44.3 Å². The highest BCUT2D eigenvalue weighted by Crippen LogP contribution is 2.29. The summed E-state index contributed by atoms with van der Waals surface area (Å²) in [7, 11) is 4.35. The summed E-state index contributed by atoms with van der Waals surface area (Å²) in [5.41, 5.74) is 0.